The molecule has 1 N–H and O–H groups in total. The smallest absolute Gasteiger partial charge is 0.433 e. The monoisotopic (exact) mass is 303 g/mol. The number of ether oxygens (including phenoxy) is 1. The standard InChI is InChI=1S/C10H11F6N3O/c1-17-8-18-6(10(14,15)16)5-7(19-8)20-4-2-3-9(11,12)13/h5H,2-4H2,1H3,(H,17,18,19). The molecule has 1 aromatic heterocycles. The molecule has 0 aliphatic rings. The third kappa shape index (κ3) is 5.49. The van der Waals surface area contributed by atoms with Crippen molar-refractivity contribution >= 4 is 5.95 Å². The highest BCUT2D eigenvalue weighted by Crippen LogP contribution is 2.30. The van der Waals surface area contributed by atoms with Gasteiger partial charge in [0.05, 0.1) is 6.61 Å². The molecule has 0 bridgehead atoms. The van der Waals surface area contributed by atoms with E-state index < -0.39 is 37.0 Å². The second-order valence-electron chi connectivity index (χ2n) is 3.73. The highest BCUT2D eigenvalue weighted by atomic mass is 19.4. The van der Waals surface area contributed by atoms with Gasteiger partial charge in [0, 0.05) is 19.5 Å². The molecular weight excluding hydrogens is 292 g/mol. The van der Waals surface area contributed by atoms with Gasteiger partial charge in [-0.3, -0.25) is 0 Å². The molecule has 0 aliphatic carbocycles. The number of hydrogen-bond acceptors (Lipinski definition) is 4. The molecule has 1 heterocycles. The lowest BCUT2D eigenvalue weighted by Gasteiger charge is -2.11. The van der Waals surface area contributed by atoms with Crippen molar-refractivity contribution in [1.82, 2.24) is 9.97 Å². The minimum atomic E-state index is -4.70. The van der Waals surface area contributed by atoms with Crippen LogP contribution < -0.4 is 10.1 Å². The van der Waals surface area contributed by atoms with Gasteiger partial charge < -0.3 is 10.1 Å². The van der Waals surface area contributed by atoms with Gasteiger partial charge in [-0.25, -0.2) is 4.98 Å². The molecular formula is C10H11F6N3O. The number of aromatic nitrogens is 2. The number of alkyl halides is 6. The first kappa shape index (κ1) is 16.3. The lowest BCUT2D eigenvalue weighted by atomic mass is 10.3. The van der Waals surface area contributed by atoms with Gasteiger partial charge in [0.25, 0.3) is 0 Å². The molecule has 0 aliphatic heterocycles. The van der Waals surface area contributed by atoms with Crippen LogP contribution >= 0.6 is 0 Å². The summed E-state index contributed by atoms with van der Waals surface area (Å²) in [7, 11) is 1.31. The first-order valence-electron chi connectivity index (χ1n) is 5.45. The number of halogens is 6. The molecule has 0 radical (unpaired) electrons. The van der Waals surface area contributed by atoms with Crippen molar-refractivity contribution in [3.63, 3.8) is 0 Å². The van der Waals surface area contributed by atoms with Gasteiger partial charge in [-0.05, 0) is 6.42 Å². The maximum absolute atomic E-state index is 12.5. The van der Waals surface area contributed by atoms with Gasteiger partial charge in [0.15, 0.2) is 5.69 Å². The Balaban J connectivity index is 2.70. The normalized spacial score (nSPS) is 12.3. The Bertz CT molecular complexity index is 446. The Hall–Kier alpha value is -1.74. The summed E-state index contributed by atoms with van der Waals surface area (Å²) in [6, 6.07) is 0.536. The average Bonchev–Trinajstić information content (AvgIpc) is 2.32. The Kier molecular flexibility index (Phi) is 5.01. The van der Waals surface area contributed by atoms with E-state index in [-0.39, 0.29) is 12.4 Å². The molecule has 1 rings (SSSR count). The van der Waals surface area contributed by atoms with Crippen LogP contribution in [-0.2, 0) is 6.18 Å². The lowest BCUT2D eigenvalue weighted by molar-refractivity contribution is -0.141. The zero-order valence-corrected chi connectivity index (χ0v) is 10.3. The summed E-state index contributed by atoms with van der Waals surface area (Å²) in [4.78, 5) is 6.76. The molecule has 0 aromatic carbocycles. The molecule has 0 spiro atoms. The van der Waals surface area contributed by atoms with E-state index in [2.05, 4.69) is 15.3 Å². The number of hydrogen-bond donors (Lipinski definition) is 1. The van der Waals surface area contributed by atoms with Gasteiger partial charge in [0.1, 0.15) is 0 Å². The van der Waals surface area contributed by atoms with E-state index in [9.17, 15) is 26.3 Å². The van der Waals surface area contributed by atoms with Crippen LogP contribution in [-0.4, -0.2) is 29.8 Å². The van der Waals surface area contributed by atoms with E-state index in [0.717, 1.165) is 0 Å². The van der Waals surface area contributed by atoms with Gasteiger partial charge in [-0.2, -0.15) is 31.3 Å². The summed E-state index contributed by atoms with van der Waals surface area (Å²) in [6.45, 7) is -0.392. The van der Waals surface area contributed by atoms with Gasteiger partial charge in [-0.1, -0.05) is 0 Å². The zero-order valence-electron chi connectivity index (χ0n) is 10.3. The third-order valence-electron chi connectivity index (χ3n) is 2.07. The van der Waals surface area contributed by atoms with Crippen LogP contribution in [0.3, 0.4) is 0 Å². The van der Waals surface area contributed by atoms with Gasteiger partial charge in [0.2, 0.25) is 11.8 Å². The third-order valence-corrected chi connectivity index (χ3v) is 2.07. The SMILES string of the molecule is CNc1nc(OCCCC(F)(F)F)cc(C(F)(F)F)n1. The topological polar surface area (TPSA) is 47.0 Å². The van der Waals surface area contributed by atoms with Crippen LogP contribution in [0.15, 0.2) is 6.07 Å². The van der Waals surface area contributed by atoms with Crippen molar-refractivity contribution in [2.24, 2.45) is 0 Å². The second-order valence-corrected chi connectivity index (χ2v) is 3.73. The first-order valence-corrected chi connectivity index (χ1v) is 5.45. The van der Waals surface area contributed by atoms with Crippen molar-refractivity contribution in [1.29, 1.82) is 0 Å². The highest BCUT2D eigenvalue weighted by Gasteiger charge is 2.34. The fraction of sp³-hybridized carbons (Fsp3) is 0.600. The van der Waals surface area contributed by atoms with Gasteiger partial charge in [-0.15, -0.1) is 0 Å². The Morgan fingerprint density at radius 3 is 2.30 bits per heavy atom. The van der Waals surface area contributed by atoms with Crippen LogP contribution in [0.1, 0.15) is 18.5 Å². The fourth-order valence-electron chi connectivity index (χ4n) is 1.21. The van der Waals surface area contributed by atoms with Crippen molar-refractivity contribution < 1.29 is 31.1 Å². The minimum absolute atomic E-state index is 0.328. The Labute approximate surface area is 110 Å². The Morgan fingerprint density at radius 1 is 1.15 bits per heavy atom. The molecule has 0 atom stereocenters. The Morgan fingerprint density at radius 2 is 1.80 bits per heavy atom. The largest absolute Gasteiger partial charge is 0.478 e. The summed E-state index contributed by atoms with van der Waals surface area (Å²) in [5.41, 5.74) is -1.23. The summed E-state index contributed by atoms with van der Waals surface area (Å²) in [5, 5.41) is 2.31. The van der Waals surface area contributed by atoms with E-state index in [0.29, 0.717) is 6.07 Å². The van der Waals surface area contributed by atoms with Crippen LogP contribution in [0.2, 0.25) is 0 Å². The van der Waals surface area contributed by atoms with Crippen LogP contribution in [0.4, 0.5) is 32.3 Å². The molecule has 0 saturated carbocycles. The predicted octanol–water partition coefficient (Wildman–Crippen LogP) is 3.26. The number of rotatable bonds is 5. The van der Waals surface area contributed by atoms with Crippen LogP contribution in [0, 0.1) is 0 Å². The predicted molar refractivity (Wildman–Crippen MR) is 57.4 cm³/mol. The van der Waals surface area contributed by atoms with Crippen molar-refractivity contribution in [2.45, 2.75) is 25.2 Å². The highest BCUT2D eigenvalue weighted by molar-refractivity contribution is 5.31. The number of anilines is 1. The molecule has 0 fully saturated rings. The van der Waals surface area contributed by atoms with Crippen molar-refractivity contribution in [3.8, 4) is 5.88 Å². The second kappa shape index (κ2) is 6.14. The quantitative estimate of drug-likeness (QED) is 0.670. The minimum Gasteiger partial charge on any atom is -0.478 e. The molecule has 20 heavy (non-hydrogen) atoms. The van der Waals surface area contributed by atoms with E-state index in [1.807, 2.05) is 0 Å². The summed E-state index contributed by atoms with van der Waals surface area (Å²) < 4.78 is 77.9. The molecule has 10 heteroatoms. The lowest BCUT2D eigenvalue weighted by Crippen LogP contribution is -2.13. The van der Waals surface area contributed by atoms with E-state index in [4.69, 9.17) is 4.74 Å². The number of nitrogens with one attached hydrogen (secondary N) is 1. The van der Waals surface area contributed by atoms with Crippen LogP contribution in [0.5, 0.6) is 5.88 Å². The summed E-state index contributed by atoms with van der Waals surface area (Å²) >= 11 is 0. The van der Waals surface area contributed by atoms with E-state index >= 15 is 0 Å². The van der Waals surface area contributed by atoms with Crippen molar-refractivity contribution in [2.75, 3.05) is 19.0 Å². The maximum atomic E-state index is 12.5. The first-order chi connectivity index (χ1) is 9.12. The molecule has 4 nitrogen and oxygen atoms in total. The zero-order chi connectivity index (χ0) is 15.4. The maximum Gasteiger partial charge on any atom is 0.433 e. The van der Waals surface area contributed by atoms with Gasteiger partial charge >= 0.3 is 12.4 Å². The molecule has 1 aromatic rings. The number of nitrogens with zero attached hydrogens (tertiary/aromatic N) is 2. The van der Waals surface area contributed by atoms with E-state index in [1.165, 1.54) is 7.05 Å². The molecule has 0 unspecified atom stereocenters. The molecule has 0 amide bonds. The fourth-order valence-corrected chi connectivity index (χ4v) is 1.21. The van der Waals surface area contributed by atoms with E-state index in [1.54, 1.807) is 0 Å². The molecule has 0 saturated heterocycles. The van der Waals surface area contributed by atoms with Crippen LogP contribution in [0.25, 0.3) is 0 Å². The van der Waals surface area contributed by atoms with Crippen molar-refractivity contribution in [3.05, 3.63) is 11.8 Å². The summed E-state index contributed by atoms with van der Waals surface area (Å²) in [6.07, 6.45) is -10.5. The summed E-state index contributed by atoms with van der Waals surface area (Å²) in [5.74, 6) is -0.760. The molecule has 114 valence electrons. The average molecular weight is 303 g/mol.